The number of piperidine rings is 1. The fourth-order valence-corrected chi connectivity index (χ4v) is 4.15. The number of amides is 2. The lowest BCUT2D eigenvalue weighted by Gasteiger charge is -2.38. The molecular weight excluding hydrogens is 418 g/mol. The molecule has 2 aliphatic rings. The molecule has 31 heavy (non-hydrogen) atoms. The quantitative estimate of drug-likeness (QED) is 0.492. The molecule has 1 N–H and O–H groups in total. The van der Waals surface area contributed by atoms with E-state index in [1.807, 2.05) is 44.2 Å². The summed E-state index contributed by atoms with van der Waals surface area (Å²) in [6.07, 6.45) is 1.37. The second kappa shape index (κ2) is 10.7. The van der Waals surface area contributed by atoms with Crippen molar-refractivity contribution in [2.24, 2.45) is 4.99 Å². The summed E-state index contributed by atoms with van der Waals surface area (Å²) in [7, 11) is 0. The number of ketones is 1. The Kier molecular flexibility index (Phi) is 7.98. The second-order valence-corrected chi connectivity index (χ2v) is 8.04. The molecule has 0 saturated carbocycles. The van der Waals surface area contributed by atoms with Crippen molar-refractivity contribution in [3.8, 4) is 0 Å². The summed E-state index contributed by atoms with van der Waals surface area (Å²) in [5, 5.41) is 3.38. The molecule has 1 fully saturated rings. The fourth-order valence-electron chi connectivity index (χ4n) is 3.85. The van der Waals surface area contributed by atoms with Crippen molar-refractivity contribution in [1.29, 1.82) is 0 Å². The van der Waals surface area contributed by atoms with Gasteiger partial charge in [0.2, 0.25) is 5.78 Å². The van der Waals surface area contributed by atoms with Crippen LogP contribution in [-0.2, 0) is 25.5 Å². The van der Waals surface area contributed by atoms with E-state index in [2.05, 4.69) is 10.3 Å². The van der Waals surface area contributed by atoms with Crippen LogP contribution >= 0.6 is 11.6 Å². The van der Waals surface area contributed by atoms with Gasteiger partial charge in [0.1, 0.15) is 10.9 Å². The third-order valence-corrected chi connectivity index (χ3v) is 5.94. The number of Topliss-reactive ketones (excluding diaryl/α,β-unsaturated/α-hetero) is 1. The zero-order valence-corrected chi connectivity index (χ0v) is 18.7. The number of aliphatic imine (C=N–C) groups is 1. The smallest absolute Gasteiger partial charge is 0.290 e. The molecule has 0 aromatic heterocycles. The van der Waals surface area contributed by atoms with Crippen LogP contribution < -0.4 is 5.32 Å². The summed E-state index contributed by atoms with van der Waals surface area (Å²) in [4.78, 5) is 43.5. The van der Waals surface area contributed by atoms with Gasteiger partial charge in [-0.05, 0) is 30.9 Å². The van der Waals surface area contributed by atoms with E-state index in [4.69, 9.17) is 16.3 Å². The normalized spacial score (nSPS) is 21.1. The van der Waals surface area contributed by atoms with Crippen LogP contribution in [0.1, 0.15) is 38.7 Å². The van der Waals surface area contributed by atoms with Crippen molar-refractivity contribution in [3.05, 3.63) is 46.6 Å². The van der Waals surface area contributed by atoms with Crippen molar-refractivity contribution in [2.75, 3.05) is 19.7 Å². The highest BCUT2D eigenvalue weighted by molar-refractivity contribution is 6.43. The van der Waals surface area contributed by atoms with Crippen molar-refractivity contribution in [3.63, 3.8) is 0 Å². The van der Waals surface area contributed by atoms with Crippen LogP contribution in [-0.4, -0.2) is 60.1 Å². The fraction of sp³-hybridized carbons (Fsp3) is 0.478. The maximum atomic E-state index is 12.7. The van der Waals surface area contributed by atoms with Crippen molar-refractivity contribution in [1.82, 2.24) is 10.2 Å². The molecule has 2 aliphatic heterocycles. The van der Waals surface area contributed by atoms with Gasteiger partial charge in [0.25, 0.3) is 11.8 Å². The number of rotatable bonds is 8. The van der Waals surface area contributed by atoms with Crippen LogP contribution in [0.4, 0.5) is 0 Å². The van der Waals surface area contributed by atoms with Crippen LogP contribution in [0.25, 0.3) is 0 Å². The van der Waals surface area contributed by atoms with Gasteiger partial charge < -0.3 is 15.0 Å². The second-order valence-electron chi connectivity index (χ2n) is 7.68. The molecule has 1 aromatic carbocycles. The van der Waals surface area contributed by atoms with Gasteiger partial charge in [-0.2, -0.15) is 0 Å². The van der Waals surface area contributed by atoms with E-state index in [-0.39, 0.29) is 24.9 Å². The largest absolute Gasteiger partial charge is 0.375 e. The summed E-state index contributed by atoms with van der Waals surface area (Å²) in [5.41, 5.74) is 2.15. The molecule has 7 nitrogen and oxygen atoms in total. The predicted molar refractivity (Wildman–Crippen MR) is 119 cm³/mol. The number of carbonyl (C=O) groups is 3. The highest BCUT2D eigenvalue weighted by Crippen LogP contribution is 2.25. The van der Waals surface area contributed by atoms with Gasteiger partial charge in [-0.25, -0.2) is 4.99 Å². The van der Waals surface area contributed by atoms with E-state index < -0.39 is 17.8 Å². The molecule has 0 radical (unpaired) electrons. The van der Waals surface area contributed by atoms with Gasteiger partial charge in [-0.3, -0.25) is 14.4 Å². The first-order valence-corrected chi connectivity index (χ1v) is 11.0. The lowest BCUT2D eigenvalue weighted by atomic mass is 9.99. The van der Waals surface area contributed by atoms with E-state index >= 15 is 0 Å². The topological polar surface area (TPSA) is 88.1 Å². The Morgan fingerprint density at radius 3 is 2.61 bits per heavy atom. The third kappa shape index (κ3) is 5.80. The first-order chi connectivity index (χ1) is 14.9. The number of carbonyl (C=O) groups excluding carboxylic acids is 3. The number of allylic oxidation sites excluding steroid dienone is 1. The summed E-state index contributed by atoms with van der Waals surface area (Å²) in [5.74, 6) is -1.23. The molecule has 2 amide bonds. The molecule has 1 saturated heterocycles. The van der Waals surface area contributed by atoms with E-state index in [1.54, 1.807) is 0 Å². The van der Waals surface area contributed by atoms with Gasteiger partial charge >= 0.3 is 0 Å². The molecule has 2 heterocycles. The number of nitrogens with one attached hydrogen (secondary N) is 1. The summed E-state index contributed by atoms with van der Waals surface area (Å²) < 4.78 is 5.80. The Morgan fingerprint density at radius 1 is 1.23 bits per heavy atom. The number of halogens is 1. The molecule has 0 unspecified atom stereocenters. The van der Waals surface area contributed by atoms with Gasteiger partial charge in [0.05, 0.1) is 12.1 Å². The third-order valence-electron chi connectivity index (χ3n) is 5.58. The average molecular weight is 446 g/mol. The molecule has 3 rings (SSSR count). The zero-order chi connectivity index (χ0) is 22.4. The highest BCUT2D eigenvalue weighted by atomic mass is 35.5. The van der Waals surface area contributed by atoms with E-state index in [1.165, 1.54) is 4.90 Å². The van der Waals surface area contributed by atoms with Crippen LogP contribution in [0.15, 0.2) is 46.1 Å². The number of likely N-dealkylation sites (tertiary alicyclic amines) is 1. The van der Waals surface area contributed by atoms with E-state index in [0.29, 0.717) is 36.9 Å². The number of ether oxygens (including phenoxy) is 1. The van der Waals surface area contributed by atoms with Gasteiger partial charge in [-0.1, -0.05) is 48.9 Å². The Hall–Kier alpha value is -2.51. The van der Waals surface area contributed by atoms with Crippen LogP contribution in [0.5, 0.6) is 0 Å². The van der Waals surface area contributed by atoms with Crippen LogP contribution in [0.2, 0.25) is 0 Å². The first kappa shape index (κ1) is 23.2. The molecule has 0 spiro atoms. The molecule has 2 atom stereocenters. The lowest BCUT2D eigenvalue weighted by Crippen LogP contribution is -2.58. The molecule has 0 bridgehead atoms. The van der Waals surface area contributed by atoms with Crippen molar-refractivity contribution in [2.45, 2.75) is 51.7 Å². The number of hydrogen-bond acceptors (Lipinski definition) is 5. The van der Waals surface area contributed by atoms with Crippen molar-refractivity contribution < 1.29 is 19.1 Å². The maximum Gasteiger partial charge on any atom is 0.290 e. The minimum atomic E-state index is -0.512. The van der Waals surface area contributed by atoms with E-state index in [0.717, 1.165) is 17.6 Å². The number of hydrogen-bond donors (Lipinski definition) is 1. The summed E-state index contributed by atoms with van der Waals surface area (Å²) in [6.45, 7) is 4.90. The number of benzene rings is 1. The minimum Gasteiger partial charge on any atom is -0.375 e. The minimum absolute atomic E-state index is 0.0724. The molecule has 8 heteroatoms. The highest BCUT2D eigenvalue weighted by Gasteiger charge is 2.35. The van der Waals surface area contributed by atoms with Crippen molar-refractivity contribution >= 4 is 34.9 Å². The monoisotopic (exact) mass is 445 g/mol. The first-order valence-electron chi connectivity index (χ1n) is 10.7. The molecule has 1 aromatic rings. The van der Waals surface area contributed by atoms with E-state index in [9.17, 15) is 14.4 Å². The van der Waals surface area contributed by atoms with Crippen LogP contribution in [0.3, 0.4) is 0 Å². The molecule has 166 valence electrons. The zero-order valence-electron chi connectivity index (χ0n) is 17.9. The Balaban J connectivity index is 1.59. The Labute approximate surface area is 187 Å². The lowest BCUT2D eigenvalue weighted by molar-refractivity contribution is -0.147. The molecular formula is C23H28ClN3O4. The van der Waals surface area contributed by atoms with Gasteiger partial charge in [-0.15, -0.1) is 0 Å². The Morgan fingerprint density at radius 2 is 1.97 bits per heavy atom. The van der Waals surface area contributed by atoms with Crippen LogP contribution in [0, 0.1) is 0 Å². The Bertz CT molecular complexity index is 897. The summed E-state index contributed by atoms with van der Waals surface area (Å²) in [6, 6.07) is 8.93. The number of nitrogens with zero attached hydrogens (tertiary/aromatic N) is 2. The van der Waals surface area contributed by atoms with Gasteiger partial charge in [0, 0.05) is 32.5 Å². The maximum absolute atomic E-state index is 12.7. The SMILES string of the molecule is CCO[C@H]1CN(C(=O)C(=O)Cc2ccccc2)CC[C@H]1NC(=O)C1=NC(Cl)=C(CC)C1. The van der Waals surface area contributed by atoms with Gasteiger partial charge in [0.15, 0.2) is 0 Å². The average Bonchev–Trinajstić information content (AvgIpc) is 3.16. The standard InChI is InChI=1S/C23H28ClN3O4/c1-3-16-13-18(25-21(16)24)22(29)26-17-10-11-27(14-20(17)31-4-2)23(30)19(28)12-15-8-6-5-7-9-15/h5-9,17,20H,3-4,10-14H2,1-2H3,(H,26,29)/t17-,20+/m1/s1. The predicted octanol–water partition coefficient (Wildman–Crippen LogP) is 2.63. The summed E-state index contributed by atoms with van der Waals surface area (Å²) >= 11 is 6.09. The molecule has 0 aliphatic carbocycles.